The minimum absolute atomic E-state index is 0. The number of hydrogen-bond acceptors (Lipinski definition) is 4. The van der Waals surface area contributed by atoms with E-state index in [1.54, 1.807) is 14.2 Å². The standard InChI is InChI=1S/C17H19NO.C4H9NO.ClH/c1-19-16-12-18(13-16)17(14-8-4-2-5-9-14)15-10-6-3-7-11-15;1-6-4-2-5-3-4;/h2-11,16-17H,12-13H2,1H3;4-5H,2-3H2,1H3;1H. The molecule has 26 heavy (non-hydrogen) atoms. The Hall–Kier alpha value is -1.43. The molecule has 0 aromatic heterocycles. The molecule has 0 amide bonds. The first kappa shape index (κ1) is 20.9. The number of ether oxygens (including phenoxy) is 2. The lowest BCUT2D eigenvalue weighted by Gasteiger charge is -2.44. The van der Waals surface area contributed by atoms with Crippen LogP contribution in [0.1, 0.15) is 17.2 Å². The predicted molar refractivity (Wildman–Crippen MR) is 108 cm³/mol. The van der Waals surface area contributed by atoms with Gasteiger partial charge in [-0.1, -0.05) is 60.7 Å². The number of nitrogens with one attached hydrogen (secondary N) is 1. The van der Waals surface area contributed by atoms with Crippen molar-refractivity contribution >= 4 is 12.4 Å². The van der Waals surface area contributed by atoms with Gasteiger partial charge < -0.3 is 14.8 Å². The molecule has 0 radical (unpaired) electrons. The fourth-order valence-corrected chi connectivity index (χ4v) is 3.14. The zero-order chi connectivity index (χ0) is 17.5. The summed E-state index contributed by atoms with van der Waals surface area (Å²) in [4.78, 5) is 2.47. The number of hydrogen-bond donors (Lipinski definition) is 1. The van der Waals surface area contributed by atoms with E-state index in [4.69, 9.17) is 9.47 Å². The van der Waals surface area contributed by atoms with Gasteiger partial charge in [0.15, 0.2) is 0 Å². The highest BCUT2D eigenvalue weighted by Gasteiger charge is 2.33. The first-order valence-electron chi connectivity index (χ1n) is 8.92. The Morgan fingerprint density at radius 2 is 1.27 bits per heavy atom. The number of nitrogens with zero attached hydrogens (tertiary/aromatic N) is 1. The fraction of sp³-hybridized carbons (Fsp3) is 0.429. The second-order valence-corrected chi connectivity index (χ2v) is 6.55. The van der Waals surface area contributed by atoms with Gasteiger partial charge >= 0.3 is 0 Å². The third-order valence-corrected chi connectivity index (χ3v) is 4.88. The molecule has 0 spiro atoms. The van der Waals surface area contributed by atoms with Gasteiger partial charge in [-0.05, 0) is 11.1 Å². The van der Waals surface area contributed by atoms with Crippen molar-refractivity contribution in [1.82, 2.24) is 10.2 Å². The number of likely N-dealkylation sites (tertiary alicyclic amines) is 1. The van der Waals surface area contributed by atoms with Gasteiger partial charge in [0.2, 0.25) is 0 Å². The van der Waals surface area contributed by atoms with Crippen molar-refractivity contribution in [3.05, 3.63) is 71.8 Å². The topological polar surface area (TPSA) is 33.7 Å². The lowest BCUT2D eigenvalue weighted by Crippen LogP contribution is -2.53. The van der Waals surface area contributed by atoms with Crippen LogP contribution in [0, 0.1) is 0 Å². The molecule has 2 aliphatic rings. The maximum atomic E-state index is 5.40. The second kappa shape index (κ2) is 10.7. The molecule has 2 saturated heterocycles. The predicted octanol–water partition coefficient (Wildman–Crippen LogP) is 3.13. The Bertz CT molecular complexity index is 574. The van der Waals surface area contributed by atoms with Crippen molar-refractivity contribution in [3.8, 4) is 0 Å². The molecule has 2 aliphatic heterocycles. The zero-order valence-electron chi connectivity index (χ0n) is 15.5. The van der Waals surface area contributed by atoms with Crippen LogP contribution in [0.25, 0.3) is 0 Å². The largest absolute Gasteiger partial charge is 0.379 e. The monoisotopic (exact) mass is 376 g/mol. The van der Waals surface area contributed by atoms with Crippen LogP contribution in [0.3, 0.4) is 0 Å². The Labute approximate surface area is 162 Å². The highest BCUT2D eigenvalue weighted by atomic mass is 35.5. The molecule has 0 atom stereocenters. The molecule has 2 fully saturated rings. The van der Waals surface area contributed by atoms with Crippen LogP contribution in [-0.2, 0) is 9.47 Å². The van der Waals surface area contributed by atoms with Gasteiger partial charge in [-0.2, -0.15) is 0 Å². The smallest absolute Gasteiger partial charge is 0.0825 e. The molecular weight excluding hydrogens is 348 g/mol. The van der Waals surface area contributed by atoms with E-state index in [0.717, 1.165) is 26.2 Å². The average Bonchev–Trinajstić information content (AvgIpc) is 2.59. The Kier molecular flexibility index (Phi) is 8.55. The highest BCUT2D eigenvalue weighted by Crippen LogP contribution is 2.32. The molecule has 0 saturated carbocycles. The molecule has 5 heteroatoms. The lowest BCUT2D eigenvalue weighted by atomic mass is 9.94. The van der Waals surface area contributed by atoms with Gasteiger partial charge in [-0.25, -0.2) is 0 Å². The van der Waals surface area contributed by atoms with Crippen molar-refractivity contribution in [2.45, 2.75) is 18.2 Å². The molecule has 0 unspecified atom stereocenters. The summed E-state index contributed by atoms with van der Waals surface area (Å²) in [6.07, 6.45) is 0.889. The van der Waals surface area contributed by atoms with Crippen molar-refractivity contribution in [2.24, 2.45) is 0 Å². The molecule has 4 nitrogen and oxygen atoms in total. The Morgan fingerprint density at radius 1 is 0.808 bits per heavy atom. The van der Waals surface area contributed by atoms with Crippen LogP contribution in [0.5, 0.6) is 0 Å². The average molecular weight is 377 g/mol. The zero-order valence-corrected chi connectivity index (χ0v) is 16.3. The van der Waals surface area contributed by atoms with Gasteiger partial charge in [-0.15, -0.1) is 12.4 Å². The van der Waals surface area contributed by atoms with Crippen LogP contribution < -0.4 is 5.32 Å². The maximum absolute atomic E-state index is 5.40. The third-order valence-electron chi connectivity index (χ3n) is 4.88. The number of rotatable bonds is 5. The minimum Gasteiger partial charge on any atom is -0.379 e. The summed E-state index contributed by atoms with van der Waals surface area (Å²) in [6.45, 7) is 4.09. The molecule has 2 aromatic rings. The number of methoxy groups -OCH3 is 2. The number of halogens is 1. The van der Waals surface area contributed by atoms with E-state index >= 15 is 0 Å². The van der Waals surface area contributed by atoms with E-state index in [9.17, 15) is 0 Å². The molecule has 0 bridgehead atoms. The van der Waals surface area contributed by atoms with Crippen molar-refractivity contribution in [1.29, 1.82) is 0 Å². The minimum atomic E-state index is 0. The quantitative estimate of drug-likeness (QED) is 0.869. The first-order chi connectivity index (χ1) is 12.3. The van der Waals surface area contributed by atoms with Gasteiger partial charge in [0.25, 0.3) is 0 Å². The molecule has 0 aliphatic carbocycles. The molecule has 142 valence electrons. The summed E-state index contributed by atoms with van der Waals surface area (Å²) in [5.74, 6) is 0. The normalized spacial score (nSPS) is 17.5. The maximum Gasteiger partial charge on any atom is 0.0825 e. The Morgan fingerprint density at radius 3 is 1.58 bits per heavy atom. The summed E-state index contributed by atoms with van der Waals surface area (Å²) < 4.78 is 10.3. The van der Waals surface area contributed by atoms with E-state index in [0.29, 0.717) is 18.2 Å². The van der Waals surface area contributed by atoms with Crippen molar-refractivity contribution in [3.63, 3.8) is 0 Å². The molecule has 2 aromatic carbocycles. The van der Waals surface area contributed by atoms with E-state index in [-0.39, 0.29) is 12.4 Å². The summed E-state index contributed by atoms with van der Waals surface area (Å²) in [5.41, 5.74) is 2.70. The van der Waals surface area contributed by atoms with Gasteiger partial charge in [0.05, 0.1) is 18.2 Å². The fourth-order valence-electron chi connectivity index (χ4n) is 3.14. The summed E-state index contributed by atoms with van der Waals surface area (Å²) in [5, 5.41) is 3.09. The summed E-state index contributed by atoms with van der Waals surface area (Å²) >= 11 is 0. The van der Waals surface area contributed by atoms with E-state index < -0.39 is 0 Å². The van der Waals surface area contributed by atoms with Crippen LogP contribution in [0.4, 0.5) is 0 Å². The summed E-state index contributed by atoms with van der Waals surface area (Å²) in [7, 11) is 3.54. The van der Waals surface area contributed by atoms with Crippen LogP contribution in [0.2, 0.25) is 0 Å². The van der Waals surface area contributed by atoms with Gasteiger partial charge in [0.1, 0.15) is 0 Å². The SMILES string of the molecule is COC1CN(C(c2ccccc2)c2ccccc2)C1.COC1CNC1.Cl. The van der Waals surface area contributed by atoms with Crippen molar-refractivity contribution in [2.75, 3.05) is 40.4 Å². The molecule has 2 heterocycles. The first-order valence-corrected chi connectivity index (χ1v) is 8.92. The van der Waals surface area contributed by atoms with Crippen LogP contribution in [0.15, 0.2) is 60.7 Å². The number of benzene rings is 2. The Balaban J connectivity index is 0.000000297. The second-order valence-electron chi connectivity index (χ2n) is 6.55. The highest BCUT2D eigenvalue weighted by molar-refractivity contribution is 5.85. The molecule has 1 N–H and O–H groups in total. The van der Waals surface area contributed by atoms with Crippen molar-refractivity contribution < 1.29 is 9.47 Å². The molecular formula is C21H29ClN2O2. The van der Waals surface area contributed by atoms with E-state index in [1.807, 2.05) is 0 Å². The van der Waals surface area contributed by atoms with Crippen LogP contribution >= 0.6 is 12.4 Å². The third kappa shape index (κ3) is 5.29. The summed E-state index contributed by atoms with van der Waals surface area (Å²) in [6, 6.07) is 21.7. The van der Waals surface area contributed by atoms with Crippen LogP contribution in [-0.4, -0.2) is 57.5 Å². The van der Waals surface area contributed by atoms with E-state index in [1.165, 1.54) is 11.1 Å². The van der Waals surface area contributed by atoms with Gasteiger partial charge in [-0.3, -0.25) is 4.90 Å². The lowest BCUT2D eigenvalue weighted by molar-refractivity contribution is -0.0438. The molecule has 4 rings (SSSR count). The van der Waals surface area contributed by atoms with Gasteiger partial charge in [0, 0.05) is 40.4 Å². The van der Waals surface area contributed by atoms with E-state index in [2.05, 4.69) is 70.9 Å².